The van der Waals surface area contributed by atoms with Crippen LogP contribution in [-0.2, 0) is 46.3 Å². The summed E-state index contributed by atoms with van der Waals surface area (Å²) in [4.78, 5) is 86.6. The molecule has 372 valence electrons. The molecule has 11 N–H and O–H groups in total. The van der Waals surface area contributed by atoms with E-state index in [1.807, 2.05) is 42.5 Å². The van der Waals surface area contributed by atoms with Crippen LogP contribution in [0.5, 0.6) is 0 Å². The van der Waals surface area contributed by atoms with Crippen LogP contribution in [0.4, 0.5) is 4.79 Å². The number of carboxylic acids is 3. The highest BCUT2D eigenvalue weighted by atomic mass is 16.5. The van der Waals surface area contributed by atoms with Gasteiger partial charge in [-0.3, -0.25) is 19.2 Å². The molecular weight excluding hydrogens is 889 g/mol. The Morgan fingerprint density at radius 3 is 2.16 bits per heavy atom. The van der Waals surface area contributed by atoms with E-state index < -0.39 is 97.9 Å². The number of fused-ring (bicyclic) bond motifs is 1. The first-order valence-electron chi connectivity index (χ1n) is 23.1. The van der Waals surface area contributed by atoms with E-state index in [4.69, 9.17) is 9.84 Å². The number of aliphatic hydroxyl groups is 3. The van der Waals surface area contributed by atoms with Crippen molar-refractivity contribution in [3.63, 3.8) is 0 Å². The summed E-state index contributed by atoms with van der Waals surface area (Å²) < 4.78 is 7.21. The van der Waals surface area contributed by atoms with Gasteiger partial charge in [0.25, 0.3) is 0 Å². The highest BCUT2D eigenvalue weighted by Gasteiger charge is 2.43. The van der Waals surface area contributed by atoms with Gasteiger partial charge in [0.05, 0.1) is 24.6 Å². The normalized spacial score (nSPS) is 22.8. The fraction of sp³-hybridized carbons (Fsp3) is 0.587. The molecule has 2 aromatic carbocycles. The van der Waals surface area contributed by atoms with Crippen LogP contribution < -0.4 is 26.6 Å². The first kappa shape index (κ1) is 52.7. The van der Waals surface area contributed by atoms with Crippen molar-refractivity contribution in [2.24, 2.45) is 17.8 Å². The lowest BCUT2D eigenvalue weighted by Gasteiger charge is -2.40. The van der Waals surface area contributed by atoms with E-state index in [0.717, 1.165) is 16.3 Å². The van der Waals surface area contributed by atoms with Gasteiger partial charge in [0.2, 0.25) is 17.7 Å². The molecule has 5 rings (SSSR count). The van der Waals surface area contributed by atoms with Crippen molar-refractivity contribution in [1.29, 1.82) is 0 Å². The van der Waals surface area contributed by atoms with Crippen LogP contribution in [-0.4, -0.2) is 143 Å². The van der Waals surface area contributed by atoms with Crippen molar-refractivity contribution in [3.05, 3.63) is 59.9 Å². The smallest absolute Gasteiger partial charge is 0.326 e. The number of ether oxygens (including phenoxy) is 1. The molecule has 0 spiro atoms. The molecule has 22 nitrogen and oxygen atoms in total. The average molecular weight is 953 g/mol. The minimum absolute atomic E-state index is 0.0497. The third kappa shape index (κ3) is 15.7. The van der Waals surface area contributed by atoms with Crippen LogP contribution in [0.25, 0.3) is 10.8 Å². The van der Waals surface area contributed by atoms with Crippen LogP contribution in [0, 0.1) is 17.8 Å². The molecule has 1 aromatic heterocycles. The lowest BCUT2D eigenvalue weighted by molar-refractivity contribution is -0.231. The second-order valence-corrected chi connectivity index (χ2v) is 17.7. The van der Waals surface area contributed by atoms with Crippen molar-refractivity contribution in [2.45, 2.75) is 133 Å². The molecule has 8 atom stereocenters. The molecule has 1 saturated carbocycles. The third-order valence-corrected chi connectivity index (χ3v) is 12.6. The van der Waals surface area contributed by atoms with Crippen LogP contribution in [0.1, 0.15) is 95.0 Å². The minimum Gasteiger partial charge on any atom is -0.481 e. The molecule has 3 aromatic rings. The Morgan fingerprint density at radius 2 is 1.49 bits per heavy atom. The van der Waals surface area contributed by atoms with Crippen molar-refractivity contribution >= 4 is 52.4 Å². The number of rotatable bonds is 25. The van der Waals surface area contributed by atoms with Gasteiger partial charge >= 0.3 is 23.9 Å². The number of nitrogens with zero attached hydrogens (tertiary/aromatic N) is 3. The van der Waals surface area contributed by atoms with E-state index >= 15 is 0 Å². The standard InChI is InChI=1S/C46H64N8O14/c1-26-39(59)40(60)36(25-55)68-43(26)54-24-32(52-53-54)9-6-11-37(56)48-23-27-12-16-30(17-13-27)41(61)49-35(22-28-14-15-29-7-2-3-8-31(29)21-28)42(62)47-20-5-4-10-33(44(63)64)50-46(67)51-34(45(65)66)18-19-38(57)58/h2-3,7-8,14-15,21,24,26-27,30,33-36,39-40,43,55,59-60H,4-6,9-13,16-20,22-23,25H2,1H3,(H,47,62)(H,48,56)(H,49,61)(H,57,58)(H,63,64)(H,65,66)(H2,50,51,67). The van der Waals surface area contributed by atoms with E-state index in [1.165, 1.54) is 4.68 Å². The van der Waals surface area contributed by atoms with Crippen molar-refractivity contribution in [1.82, 2.24) is 41.6 Å². The Hall–Kier alpha value is -6.23. The number of amides is 5. The Kier molecular flexibility index (Phi) is 20.0. The number of hydrogen-bond donors (Lipinski definition) is 11. The number of aliphatic hydroxyl groups excluding tert-OH is 3. The van der Waals surface area contributed by atoms with E-state index in [1.54, 1.807) is 13.1 Å². The molecule has 1 aliphatic heterocycles. The maximum absolute atomic E-state index is 13.7. The molecule has 2 heterocycles. The summed E-state index contributed by atoms with van der Waals surface area (Å²) in [7, 11) is 0. The summed E-state index contributed by atoms with van der Waals surface area (Å²) in [6, 6.07) is 8.67. The molecule has 22 heteroatoms. The van der Waals surface area contributed by atoms with Crippen LogP contribution in [0.2, 0.25) is 0 Å². The van der Waals surface area contributed by atoms with Gasteiger partial charge in [-0.25, -0.2) is 19.1 Å². The zero-order chi connectivity index (χ0) is 49.3. The number of aliphatic carboxylic acids is 3. The minimum atomic E-state index is -1.53. The Morgan fingerprint density at radius 1 is 0.794 bits per heavy atom. The van der Waals surface area contributed by atoms with Crippen molar-refractivity contribution in [3.8, 4) is 0 Å². The summed E-state index contributed by atoms with van der Waals surface area (Å²) in [5.41, 5.74) is 1.46. The van der Waals surface area contributed by atoms with Crippen molar-refractivity contribution in [2.75, 3.05) is 19.7 Å². The van der Waals surface area contributed by atoms with Gasteiger partial charge < -0.3 is 62.0 Å². The fourth-order valence-corrected chi connectivity index (χ4v) is 8.54. The zero-order valence-electron chi connectivity index (χ0n) is 38.0. The molecule has 2 aliphatic rings. The number of unbranched alkanes of at least 4 members (excludes halogenated alkanes) is 1. The van der Waals surface area contributed by atoms with Gasteiger partial charge in [0, 0.05) is 44.2 Å². The van der Waals surface area contributed by atoms with E-state index in [2.05, 4.69) is 36.9 Å². The van der Waals surface area contributed by atoms with Gasteiger partial charge in [0.1, 0.15) is 30.3 Å². The van der Waals surface area contributed by atoms with Gasteiger partial charge in [-0.1, -0.05) is 54.6 Å². The summed E-state index contributed by atoms with van der Waals surface area (Å²) in [5, 5.41) is 81.2. The predicted octanol–water partition coefficient (Wildman–Crippen LogP) is 1.01. The van der Waals surface area contributed by atoms with Gasteiger partial charge in [-0.15, -0.1) is 5.10 Å². The number of carboxylic acid groups (broad SMARTS) is 3. The molecule has 0 bridgehead atoms. The second-order valence-electron chi connectivity index (χ2n) is 17.7. The summed E-state index contributed by atoms with van der Waals surface area (Å²) in [5.74, 6) is -5.56. The van der Waals surface area contributed by atoms with Crippen LogP contribution in [0.15, 0.2) is 48.7 Å². The number of urea groups is 1. The maximum atomic E-state index is 13.7. The topological polar surface area (TPSA) is 341 Å². The average Bonchev–Trinajstić information content (AvgIpc) is 3.79. The predicted molar refractivity (Wildman–Crippen MR) is 241 cm³/mol. The molecule has 5 amide bonds. The molecular formula is C46H64N8O14. The summed E-state index contributed by atoms with van der Waals surface area (Å²) in [6.07, 6.45) is 1.22. The van der Waals surface area contributed by atoms with Crippen LogP contribution in [0.3, 0.4) is 0 Å². The lowest BCUT2D eigenvalue weighted by atomic mass is 9.81. The third-order valence-electron chi connectivity index (χ3n) is 12.6. The maximum Gasteiger partial charge on any atom is 0.326 e. The monoisotopic (exact) mass is 952 g/mol. The zero-order valence-corrected chi connectivity index (χ0v) is 38.0. The largest absolute Gasteiger partial charge is 0.481 e. The number of carbonyl (C=O) groups is 7. The number of hydrogen-bond acceptors (Lipinski definition) is 13. The van der Waals surface area contributed by atoms with E-state index in [-0.39, 0.29) is 55.9 Å². The molecule has 1 aliphatic carbocycles. The number of benzene rings is 2. The van der Waals surface area contributed by atoms with Gasteiger partial charge in [-0.05, 0) is 86.5 Å². The van der Waals surface area contributed by atoms with Crippen LogP contribution >= 0.6 is 0 Å². The molecule has 0 radical (unpaired) electrons. The number of aryl methyl sites for hydroxylation is 1. The van der Waals surface area contributed by atoms with E-state index in [0.29, 0.717) is 57.2 Å². The first-order valence-corrected chi connectivity index (χ1v) is 23.1. The molecule has 1 saturated heterocycles. The Bertz CT molecular complexity index is 2200. The molecule has 2 fully saturated rings. The fourth-order valence-electron chi connectivity index (χ4n) is 8.54. The highest BCUT2D eigenvalue weighted by molar-refractivity contribution is 5.89. The number of aromatic nitrogens is 3. The lowest BCUT2D eigenvalue weighted by Crippen LogP contribution is -2.53. The quantitative estimate of drug-likeness (QED) is 0.0528. The number of nitrogens with one attached hydrogen (secondary N) is 5. The van der Waals surface area contributed by atoms with E-state index in [9.17, 15) is 59.1 Å². The molecule has 8 unspecified atom stereocenters. The highest BCUT2D eigenvalue weighted by Crippen LogP contribution is 2.33. The Labute approximate surface area is 392 Å². The second kappa shape index (κ2) is 25.8. The Balaban J connectivity index is 1.05. The number of carbonyl (C=O) groups excluding carboxylic acids is 4. The summed E-state index contributed by atoms with van der Waals surface area (Å²) >= 11 is 0. The molecule has 68 heavy (non-hydrogen) atoms. The van der Waals surface area contributed by atoms with Crippen molar-refractivity contribution < 1.29 is 68.9 Å². The SMILES string of the molecule is CC1C(O)C(O)C(CO)OC1n1cc(CCCC(=O)NCC2CCC(C(=O)NC(Cc3ccc4ccccc4c3)C(=O)NCCCCC(NC(=O)NC(CCC(=O)O)C(=O)O)C(=O)O)CC2)nn1. The summed E-state index contributed by atoms with van der Waals surface area (Å²) in [6.45, 7) is 1.84. The van der Waals surface area contributed by atoms with Gasteiger partial charge in [-0.2, -0.15) is 0 Å². The first-order chi connectivity index (χ1) is 32.5. The van der Waals surface area contributed by atoms with Gasteiger partial charge in [0.15, 0.2) is 6.23 Å².